The highest BCUT2D eigenvalue weighted by Crippen LogP contribution is 2.17. The Kier molecular flexibility index (Phi) is 5.22. The summed E-state index contributed by atoms with van der Waals surface area (Å²) in [6, 6.07) is 13.6. The average Bonchev–Trinajstić information content (AvgIpc) is 2.46. The number of carbonyl (C=O) groups is 1. The van der Waals surface area contributed by atoms with Crippen molar-refractivity contribution in [1.82, 2.24) is 0 Å². The lowest BCUT2D eigenvalue weighted by Crippen LogP contribution is -2.19. The summed E-state index contributed by atoms with van der Waals surface area (Å²) < 4.78 is 0. The van der Waals surface area contributed by atoms with Crippen molar-refractivity contribution in [3.05, 3.63) is 59.1 Å². The maximum atomic E-state index is 12.0. The monoisotopic (exact) mass is 300 g/mol. The molecule has 0 saturated carbocycles. The van der Waals surface area contributed by atoms with Gasteiger partial charge in [0.25, 0.3) is 0 Å². The first-order chi connectivity index (χ1) is 10.2. The molecule has 0 saturated heterocycles. The molecular weight excluding hydrogens is 288 g/mol. The van der Waals surface area contributed by atoms with Crippen molar-refractivity contribution >= 4 is 29.0 Å². The number of hydrogen-bond donors (Lipinski definition) is 3. The van der Waals surface area contributed by atoms with Crippen molar-refractivity contribution in [2.45, 2.75) is 0 Å². The first-order valence-electron chi connectivity index (χ1n) is 6.21. The molecule has 0 aliphatic heterocycles. The zero-order valence-electron chi connectivity index (χ0n) is 11.1. The third-order valence-electron chi connectivity index (χ3n) is 2.56. The molecule has 2 aromatic rings. The first kappa shape index (κ1) is 14.9. The number of anilines is 2. The van der Waals surface area contributed by atoms with Crippen LogP contribution in [0.15, 0.2) is 48.5 Å². The Balaban J connectivity index is 2.09. The summed E-state index contributed by atoms with van der Waals surface area (Å²) in [4.78, 5) is 12.0. The zero-order valence-corrected chi connectivity index (χ0v) is 11.8. The van der Waals surface area contributed by atoms with Crippen molar-refractivity contribution in [3.8, 4) is 11.8 Å². The van der Waals surface area contributed by atoms with Crippen LogP contribution in [0.3, 0.4) is 0 Å². The molecule has 0 aliphatic carbocycles. The molecule has 0 aliphatic rings. The molecule has 4 nitrogen and oxygen atoms in total. The highest BCUT2D eigenvalue weighted by atomic mass is 35.5. The van der Waals surface area contributed by atoms with Gasteiger partial charge in [-0.2, -0.15) is 0 Å². The maximum Gasteiger partial charge on any atom is 0.323 e. The van der Waals surface area contributed by atoms with E-state index in [1.54, 1.807) is 48.5 Å². The number of halogens is 1. The van der Waals surface area contributed by atoms with Crippen LogP contribution in [0.1, 0.15) is 5.56 Å². The van der Waals surface area contributed by atoms with E-state index in [4.69, 9.17) is 16.7 Å². The molecule has 2 aromatic carbocycles. The lowest BCUT2D eigenvalue weighted by Gasteiger charge is -2.09. The molecule has 0 heterocycles. The molecule has 0 unspecified atom stereocenters. The third-order valence-corrected chi connectivity index (χ3v) is 2.79. The molecule has 0 fully saturated rings. The van der Waals surface area contributed by atoms with E-state index in [-0.39, 0.29) is 6.61 Å². The Morgan fingerprint density at radius 3 is 2.71 bits per heavy atom. The Labute approximate surface area is 127 Å². The quantitative estimate of drug-likeness (QED) is 0.745. The standard InChI is InChI=1S/C16H13ClN2O2/c17-13-7-3-8-14(11-13)18-16(21)19-15-9-2-1-5-12(15)6-4-10-20/h1-3,5,7-9,11,20H,10H2,(H2,18,19,21). The van der Waals surface area contributed by atoms with Gasteiger partial charge < -0.3 is 15.7 Å². The van der Waals surface area contributed by atoms with Crippen LogP contribution < -0.4 is 10.6 Å². The average molecular weight is 301 g/mol. The summed E-state index contributed by atoms with van der Waals surface area (Å²) in [6.45, 7) is -0.233. The Hall–Kier alpha value is -2.48. The van der Waals surface area contributed by atoms with E-state index < -0.39 is 6.03 Å². The minimum Gasteiger partial charge on any atom is -0.384 e. The van der Waals surface area contributed by atoms with Crippen molar-refractivity contribution in [1.29, 1.82) is 0 Å². The fraction of sp³-hybridized carbons (Fsp3) is 0.0625. The largest absolute Gasteiger partial charge is 0.384 e. The predicted molar refractivity (Wildman–Crippen MR) is 84.5 cm³/mol. The molecular formula is C16H13ClN2O2. The SMILES string of the molecule is O=C(Nc1cccc(Cl)c1)Nc1ccccc1C#CCO. The molecule has 3 N–H and O–H groups in total. The predicted octanol–water partition coefficient (Wildman–Crippen LogP) is 3.33. The zero-order chi connectivity index (χ0) is 15.1. The van der Waals surface area contributed by atoms with E-state index in [0.717, 1.165) is 0 Å². The molecule has 5 heteroatoms. The van der Waals surface area contributed by atoms with Gasteiger partial charge in [-0.05, 0) is 30.3 Å². The smallest absolute Gasteiger partial charge is 0.323 e. The number of amides is 2. The lowest BCUT2D eigenvalue weighted by molar-refractivity contribution is 0.262. The van der Waals surface area contributed by atoms with Crippen LogP contribution in [0.2, 0.25) is 5.02 Å². The normalized spacial score (nSPS) is 9.43. The molecule has 2 rings (SSSR count). The highest BCUT2D eigenvalue weighted by molar-refractivity contribution is 6.30. The summed E-state index contributed by atoms with van der Waals surface area (Å²) in [6.07, 6.45) is 0. The number of hydrogen-bond acceptors (Lipinski definition) is 2. The van der Waals surface area contributed by atoms with Crippen LogP contribution in [0.4, 0.5) is 16.2 Å². The van der Waals surface area contributed by atoms with E-state index in [9.17, 15) is 4.79 Å². The maximum absolute atomic E-state index is 12.0. The van der Waals surface area contributed by atoms with Gasteiger partial charge in [-0.15, -0.1) is 0 Å². The summed E-state index contributed by atoms with van der Waals surface area (Å²) in [5, 5.41) is 14.7. The van der Waals surface area contributed by atoms with Crippen molar-refractivity contribution < 1.29 is 9.90 Å². The summed E-state index contributed by atoms with van der Waals surface area (Å²) in [5.74, 6) is 5.33. The van der Waals surface area contributed by atoms with Crippen LogP contribution in [0, 0.1) is 11.8 Å². The highest BCUT2D eigenvalue weighted by Gasteiger charge is 2.05. The van der Waals surface area contributed by atoms with Crippen molar-refractivity contribution in [2.24, 2.45) is 0 Å². The molecule has 0 aromatic heterocycles. The molecule has 0 atom stereocenters. The summed E-state index contributed by atoms with van der Waals surface area (Å²) in [5.41, 5.74) is 1.80. The fourth-order valence-electron chi connectivity index (χ4n) is 1.69. The second-order valence-corrected chi connectivity index (χ2v) is 4.53. The molecule has 0 spiro atoms. The van der Waals surface area contributed by atoms with Gasteiger partial charge >= 0.3 is 6.03 Å². The number of carbonyl (C=O) groups excluding carboxylic acids is 1. The van der Waals surface area contributed by atoms with Gasteiger partial charge in [0.15, 0.2) is 0 Å². The fourth-order valence-corrected chi connectivity index (χ4v) is 1.88. The van der Waals surface area contributed by atoms with E-state index >= 15 is 0 Å². The molecule has 0 bridgehead atoms. The number of para-hydroxylation sites is 1. The van der Waals surface area contributed by atoms with Crippen molar-refractivity contribution in [2.75, 3.05) is 17.2 Å². The van der Waals surface area contributed by atoms with Gasteiger partial charge in [-0.1, -0.05) is 41.6 Å². The Bertz CT molecular complexity index is 705. The second kappa shape index (κ2) is 7.34. The van der Waals surface area contributed by atoms with Gasteiger partial charge in [0, 0.05) is 16.3 Å². The number of benzene rings is 2. The van der Waals surface area contributed by atoms with Gasteiger partial charge in [0.2, 0.25) is 0 Å². The first-order valence-corrected chi connectivity index (χ1v) is 6.59. The minimum atomic E-state index is -0.393. The minimum absolute atomic E-state index is 0.233. The molecule has 0 radical (unpaired) electrons. The van der Waals surface area contributed by atoms with Gasteiger partial charge in [-0.3, -0.25) is 0 Å². The lowest BCUT2D eigenvalue weighted by atomic mass is 10.2. The van der Waals surface area contributed by atoms with Gasteiger partial charge in [-0.25, -0.2) is 4.79 Å². The van der Waals surface area contributed by atoms with Gasteiger partial charge in [0.05, 0.1) is 5.69 Å². The second-order valence-electron chi connectivity index (χ2n) is 4.09. The van der Waals surface area contributed by atoms with Crippen LogP contribution in [0.25, 0.3) is 0 Å². The number of nitrogens with one attached hydrogen (secondary N) is 2. The Morgan fingerprint density at radius 2 is 1.95 bits per heavy atom. The summed E-state index contributed by atoms with van der Waals surface area (Å²) in [7, 11) is 0. The van der Waals surface area contributed by atoms with E-state index in [1.807, 2.05) is 0 Å². The summed E-state index contributed by atoms with van der Waals surface area (Å²) >= 11 is 5.86. The van der Waals surface area contributed by atoms with Crippen LogP contribution in [-0.2, 0) is 0 Å². The van der Waals surface area contributed by atoms with Crippen LogP contribution >= 0.6 is 11.6 Å². The molecule has 2 amide bonds. The van der Waals surface area contributed by atoms with E-state index in [0.29, 0.717) is 22.0 Å². The van der Waals surface area contributed by atoms with Crippen LogP contribution in [-0.4, -0.2) is 17.7 Å². The Morgan fingerprint density at radius 1 is 1.14 bits per heavy atom. The number of aliphatic hydroxyl groups is 1. The molecule has 21 heavy (non-hydrogen) atoms. The van der Waals surface area contributed by atoms with E-state index in [2.05, 4.69) is 22.5 Å². The topological polar surface area (TPSA) is 61.4 Å². The molecule has 106 valence electrons. The number of urea groups is 1. The number of aliphatic hydroxyl groups excluding tert-OH is 1. The van der Waals surface area contributed by atoms with E-state index in [1.165, 1.54) is 0 Å². The van der Waals surface area contributed by atoms with Crippen LogP contribution in [0.5, 0.6) is 0 Å². The van der Waals surface area contributed by atoms with Gasteiger partial charge in [0.1, 0.15) is 6.61 Å². The third kappa shape index (κ3) is 4.53. The number of rotatable bonds is 2. The van der Waals surface area contributed by atoms with Crippen molar-refractivity contribution in [3.63, 3.8) is 0 Å².